The van der Waals surface area contributed by atoms with Crippen LogP contribution < -0.4 is 0 Å². The summed E-state index contributed by atoms with van der Waals surface area (Å²) >= 11 is 5.96. The van der Waals surface area contributed by atoms with Crippen molar-refractivity contribution in [2.24, 2.45) is 5.41 Å². The van der Waals surface area contributed by atoms with E-state index in [1.54, 1.807) is 18.1 Å². The zero-order chi connectivity index (χ0) is 17.2. The van der Waals surface area contributed by atoms with E-state index in [-0.39, 0.29) is 5.41 Å². The zero-order valence-electron chi connectivity index (χ0n) is 13.9. The van der Waals surface area contributed by atoms with Crippen molar-refractivity contribution in [3.8, 4) is 0 Å². The summed E-state index contributed by atoms with van der Waals surface area (Å²) in [7, 11) is 1.67. The average molecular weight is 348 g/mol. The SMILES string of the molecule is COCC1(C)CCC(=Cc2ccc(Cl)cc2)C1(O)Cn1cncn1. The summed E-state index contributed by atoms with van der Waals surface area (Å²) in [6, 6.07) is 7.62. The Bertz CT molecular complexity index is 714. The van der Waals surface area contributed by atoms with Crippen molar-refractivity contribution in [3.05, 3.63) is 53.1 Å². The second-order valence-corrected chi connectivity index (χ2v) is 7.10. The van der Waals surface area contributed by atoms with Crippen LogP contribution >= 0.6 is 11.6 Å². The lowest BCUT2D eigenvalue weighted by Gasteiger charge is -2.39. The summed E-state index contributed by atoms with van der Waals surface area (Å²) < 4.78 is 7.08. The molecule has 0 bridgehead atoms. The molecule has 1 N–H and O–H groups in total. The Morgan fingerprint density at radius 1 is 1.38 bits per heavy atom. The van der Waals surface area contributed by atoms with Gasteiger partial charge in [-0.15, -0.1) is 0 Å². The highest BCUT2D eigenvalue weighted by molar-refractivity contribution is 6.30. The molecule has 0 spiro atoms. The largest absolute Gasteiger partial charge is 0.384 e. The Labute approximate surface area is 146 Å². The first-order valence-corrected chi connectivity index (χ1v) is 8.35. The van der Waals surface area contributed by atoms with E-state index in [4.69, 9.17) is 16.3 Å². The molecule has 1 heterocycles. The second kappa shape index (κ2) is 6.67. The van der Waals surface area contributed by atoms with Gasteiger partial charge in [-0.2, -0.15) is 5.10 Å². The monoisotopic (exact) mass is 347 g/mol. The van der Waals surface area contributed by atoms with Crippen LogP contribution in [0.5, 0.6) is 0 Å². The van der Waals surface area contributed by atoms with Gasteiger partial charge in [-0.25, -0.2) is 9.67 Å². The first-order chi connectivity index (χ1) is 11.5. The van der Waals surface area contributed by atoms with Gasteiger partial charge in [0.25, 0.3) is 0 Å². The molecule has 1 aromatic carbocycles. The van der Waals surface area contributed by atoms with Crippen molar-refractivity contribution >= 4 is 17.7 Å². The summed E-state index contributed by atoms with van der Waals surface area (Å²) in [5.74, 6) is 0. The molecule has 5 nitrogen and oxygen atoms in total. The van der Waals surface area contributed by atoms with Crippen molar-refractivity contribution in [2.75, 3.05) is 13.7 Å². The smallest absolute Gasteiger partial charge is 0.137 e. The molecule has 1 aromatic heterocycles. The van der Waals surface area contributed by atoms with Crippen LogP contribution in [0.4, 0.5) is 0 Å². The van der Waals surface area contributed by atoms with Crippen LogP contribution in [0.25, 0.3) is 6.08 Å². The highest BCUT2D eigenvalue weighted by atomic mass is 35.5. The van der Waals surface area contributed by atoms with E-state index in [9.17, 15) is 5.11 Å². The van der Waals surface area contributed by atoms with Crippen LogP contribution in [-0.4, -0.2) is 39.2 Å². The number of aromatic nitrogens is 3. The van der Waals surface area contributed by atoms with Crippen LogP contribution in [-0.2, 0) is 11.3 Å². The van der Waals surface area contributed by atoms with E-state index in [2.05, 4.69) is 17.0 Å². The first-order valence-electron chi connectivity index (χ1n) is 7.97. The van der Waals surface area contributed by atoms with Crippen molar-refractivity contribution in [3.63, 3.8) is 0 Å². The third-order valence-electron chi connectivity index (χ3n) is 5.01. The third-order valence-corrected chi connectivity index (χ3v) is 5.26. The summed E-state index contributed by atoms with van der Waals surface area (Å²) in [5.41, 5.74) is 0.579. The van der Waals surface area contributed by atoms with E-state index in [1.165, 1.54) is 6.33 Å². The fraction of sp³-hybridized carbons (Fsp3) is 0.444. The fourth-order valence-corrected chi connectivity index (χ4v) is 3.64. The van der Waals surface area contributed by atoms with Gasteiger partial charge in [0.2, 0.25) is 0 Å². The molecule has 128 valence electrons. The molecule has 1 saturated carbocycles. The third kappa shape index (κ3) is 3.11. The van der Waals surface area contributed by atoms with Gasteiger partial charge >= 0.3 is 0 Å². The van der Waals surface area contributed by atoms with Gasteiger partial charge in [0.1, 0.15) is 18.3 Å². The molecule has 0 radical (unpaired) electrons. The number of aliphatic hydroxyl groups is 1. The second-order valence-electron chi connectivity index (χ2n) is 6.67. The van der Waals surface area contributed by atoms with Gasteiger partial charge in [-0.1, -0.05) is 36.7 Å². The van der Waals surface area contributed by atoms with Gasteiger partial charge < -0.3 is 9.84 Å². The molecule has 24 heavy (non-hydrogen) atoms. The zero-order valence-corrected chi connectivity index (χ0v) is 14.7. The number of nitrogens with zero attached hydrogens (tertiary/aromatic N) is 3. The summed E-state index contributed by atoms with van der Waals surface area (Å²) in [6.45, 7) is 2.90. The van der Waals surface area contributed by atoms with Crippen molar-refractivity contribution < 1.29 is 9.84 Å². The highest BCUT2D eigenvalue weighted by Crippen LogP contribution is 2.51. The minimum absolute atomic E-state index is 0.353. The lowest BCUT2D eigenvalue weighted by molar-refractivity contribution is -0.0751. The molecule has 0 amide bonds. The fourth-order valence-electron chi connectivity index (χ4n) is 3.51. The molecular formula is C18H22ClN3O2. The van der Waals surface area contributed by atoms with E-state index in [0.29, 0.717) is 18.2 Å². The summed E-state index contributed by atoms with van der Waals surface area (Å²) in [4.78, 5) is 3.98. The molecule has 0 aliphatic heterocycles. The molecule has 2 aromatic rings. The molecule has 0 saturated heterocycles. The van der Waals surface area contributed by atoms with Crippen LogP contribution in [0, 0.1) is 5.41 Å². The predicted octanol–water partition coefficient (Wildman–Crippen LogP) is 3.19. The molecule has 3 rings (SSSR count). The number of benzene rings is 1. The molecule has 1 aliphatic carbocycles. The van der Waals surface area contributed by atoms with Crippen LogP contribution in [0.3, 0.4) is 0 Å². The molecule has 2 atom stereocenters. The van der Waals surface area contributed by atoms with Crippen LogP contribution in [0.15, 0.2) is 42.5 Å². The topological polar surface area (TPSA) is 60.2 Å². The summed E-state index contributed by atoms with van der Waals surface area (Å²) in [5, 5.41) is 16.5. The van der Waals surface area contributed by atoms with E-state index >= 15 is 0 Å². The van der Waals surface area contributed by atoms with Gasteiger partial charge in [0.15, 0.2) is 0 Å². The Morgan fingerprint density at radius 2 is 2.12 bits per heavy atom. The number of methoxy groups -OCH3 is 1. The Hall–Kier alpha value is -1.69. The van der Waals surface area contributed by atoms with Gasteiger partial charge in [-0.05, 0) is 36.1 Å². The minimum Gasteiger partial charge on any atom is -0.384 e. The van der Waals surface area contributed by atoms with E-state index in [0.717, 1.165) is 24.0 Å². The Morgan fingerprint density at radius 3 is 2.75 bits per heavy atom. The number of halogens is 1. The normalized spacial score (nSPS) is 28.6. The van der Waals surface area contributed by atoms with E-state index < -0.39 is 5.60 Å². The molecular weight excluding hydrogens is 326 g/mol. The van der Waals surface area contributed by atoms with Crippen molar-refractivity contribution in [1.29, 1.82) is 0 Å². The van der Waals surface area contributed by atoms with Crippen LogP contribution in [0.1, 0.15) is 25.3 Å². The molecule has 2 unspecified atom stereocenters. The predicted molar refractivity (Wildman–Crippen MR) is 93.6 cm³/mol. The maximum atomic E-state index is 11.6. The molecule has 1 fully saturated rings. The average Bonchev–Trinajstić information content (AvgIpc) is 3.13. The number of rotatable bonds is 5. The minimum atomic E-state index is -1.05. The van der Waals surface area contributed by atoms with E-state index in [1.807, 2.05) is 30.3 Å². The van der Waals surface area contributed by atoms with Crippen molar-refractivity contribution in [1.82, 2.24) is 14.8 Å². The van der Waals surface area contributed by atoms with Crippen molar-refractivity contribution in [2.45, 2.75) is 31.9 Å². The van der Waals surface area contributed by atoms with Gasteiger partial charge in [-0.3, -0.25) is 0 Å². The standard InChI is InChI=1S/C18H22ClN3O2/c1-17(11-24-2)8-7-15(9-14-3-5-16(19)6-4-14)18(17,23)10-22-13-20-12-21-22/h3-6,9,12-13,23H,7-8,10-11H2,1-2H3. The van der Waals surface area contributed by atoms with Gasteiger partial charge in [0, 0.05) is 17.5 Å². The van der Waals surface area contributed by atoms with Crippen LogP contribution in [0.2, 0.25) is 5.02 Å². The quantitative estimate of drug-likeness (QED) is 0.902. The molecule has 1 aliphatic rings. The Balaban J connectivity index is 1.99. The Kier molecular flexibility index (Phi) is 4.76. The summed E-state index contributed by atoms with van der Waals surface area (Å²) in [6.07, 6.45) is 6.82. The maximum Gasteiger partial charge on any atom is 0.137 e. The lowest BCUT2D eigenvalue weighted by Crippen LogP contribution is -2.49. The first kappa shape index (κ1) is 17.1. The number of ether oxygens (including phenoxy) is 1. The highest BCUT2D eigenvalue weighted by Gasteiger charge is 2.54. The maximum absolute atomic E-state index is 11.6. The number of hydrogen-bond acceptors (Lipinski definition) is 4. The number of hydrogen-bond donors (Lipinski definition) is 1. The van der Waals surface area contributed by atoms with Gasteiger partial charge in [0.05, 0.1) is 13.2 Å². The lowest BCUT2D eigenvalue weighted by atomic mass is 9.74. The molecule has 6 heteroatoms.